The average Bonchev–Trinajstić information content (AvgIpc) is 2.60. The highest BCUT2D eigenvalue weighted by molar-refractivity contribution is 5.79. The molecule has 0 atom stereocenters. The molecule has 26 heavy (non-hydrogen) atoms. The van der Waals surface area contributed by atoms with Crippen molar-refractivity contribution in [3.63, 3.8) is 0 Å². The van der Waals surface area contributed by atoms with Crippen molar-refractivity contribution in [1.29, 1.82) is 0 Å². The summed E-state index contributed by atoms with van der Waals surface area (Å²) >= 11 is 0. The van der Waals surface area contributed by atoms with Crippen molar-refractivity contribution in [2.24, 2.45) is 5.92 Å². The van der Waals surface area contributed by atoms with Gasteiger partial charge in [0.15, 0.2) is 0 Å². The molecule has 0 saturated carbocycles. The third kappa shape index (κ3) is 6.02. The molecule has 0 aliphatic carbocycles. The van der Waals surface area contributed by atoms with Crippen molar-refractivity contribution in [3.8, 4) is 0 Å². The lowest BCUT2D eigenvalue weighted by atomic mass is 9.97. The van der Waals surface area contributed by atoms with Gasteiger partial charge in [-0.15, -0.1) is 0 Å². The van der Waals surface area contributed by atoms with Gasteiger partial charge in [-0.25, -0.2) is 4.79 Å². The maximum absolute atomic E-state index is 12.5. The normalized spacial score (nSPS) is 16.2. The fourth-order valence-electron chi connectivity index (χ4n) is 3.09. The minimum Gasteiger partial charge on any atom is -0.321 e. The monoisotopic (exact) mass is 361 g/mol. The van der Waals surface area contributed by atoms with Crippen molar-refractivity contribution < 1.29 is 14.4 Å². The standard InChI is InChI=1S/C20H31N3O3/c1-20(2,3)23(15-10-16-8-6-5-7-9-16)19(25)26-21-18(24)17-11-13-22(4)14-12-17/h5-9,17H,10-15H2,1-4H3,(H,21,24). The molecule has 1 aromatic rings. The van der Waals surface area contributed by atoms with Gasteiger partial charge in [-0.1, -0.05) is 30.3 Å². The number of hydrogen-bond donors (Lipinski definition) is 1. The maximum Gasteiger partial charge on any atom is 0.434 e. The first-order valence-corrected chi connectivity index (χ1v) is 9.28. The van der Waals surface area contributed by atoms with Crippen molar-refractivity contribution in [2.45, 2.75) is 45.6 Å². The topological polar surface area (TPSA) is 61.9 Å². The molecule has 1 N–H and O–H groups in total. The number of nitrogens with one attached hydrogen (secondary N) is 1. The summed E-state index contributed by atoms with van der Waals surface area (Å²) in [5.74, 6) is -0.297. The van der Waals surface area contributed by atoms with Crippen LogP contribution in [0.25, 0.3) is 0 Å². The van der Waals surface area contributed by atoms with Crippen LogP contribution in [0.1, 0.15) is 39.2 Å². The molecular weight excluding hydrogens is 330 g/mol. The fraction of sp³-hybridized carbons (Fsp3) is 0.600. The number of piperidine rings is 1. The number of likely N-dealkylation sites (tertiary alicyclic amines) is 1. The van der Waals surface area contributed by atoms with Crippen LogP contribution in [0.3, 0.4) is 0 Å². The Bertz CT molecular complexity index is 590. The number of carbonyl (C=O) groups is 2. The van der Waals surface area contributed by atoms with Gasteiger partial charge in [0.1, 0.15) is 0 Å². The largest absolute Gasteiger partial charge is 0.434 e. The Labute approximate surface area is 156 Å². The summed E-state index contributed by atoms with van der Waals surface area (Å²) in [4.78, 5) is 33.7. The first kappa shape index (κ1) is 20.2. The van der Waals surface area contributed by atoms with Gasteiger partial charge < -0.3 is 14.6 Å². The van der Waals surface area contributed by atoms with Gasteiger partial charge in [-0.3, -0.25) is 4.79 Å². The number of hydrogen-bond acceptors (Lipinski definition) is 4. The van der Waals surface area contributed by atoms with E-state index in [1.54, 1.807) is 4.90 Å². The van der Waals surface area contributed by atoms with Crippen LogP contribution < -0.4 is 5.48 Å². The molecule has 6 nitrogen and oxygen atoms in total. The third-order valence-electron chi connectivity index (χ3n) is 4.83. The summed E-state index contributed by atoms with van der Waals surface area (Å²) in [5, 5.41) is 0. The van der Waals surface area contributed by atoms with Crippen molar-refractivity contribution >= 4 is 12.0 Å². The number of carbonyl (C=O) groups excluding carboxylic acids is 2. The SMILES string of the molecule is CN1CCC(C(=O)NOC(=O)N(CCc2ccccc2)C(C)(C)C)CC1. The summed E-state index contributed by atoms with van der Waals surface area (Å²) in [7, 11) is 2.04. The van der Waals surface area contributed by atoms with Crippen LogP contribution in [-0.4, -0.2) is 54.0 Å². The van der Waals surface area contributed by atoms with E-state index < -0.39 is 11.6 Å². The second-order valence-corrected chi connectivity index (χ2v) is 7.97. The molecule has 144 valence electrons. The summed E-state index contributed by atoms with van der Waals surface area (Å²) < 4.78 is 0. The Morgan fingerprint density at radius 2 is 1.81 bits per heavy atom. The van der Waals surface area contributed by atoms with Crippen LogP contribution in [0.5, 0.6) is 0 Å². The smallest absolute Gasteiger partial charge is 0.321 e. The highest BCUT2D eigenvalue weighted by Gasteiger charge is 2.29. The average molecular weight is 361 g/mol. The maximum atomic E-state index is 12.5. The molecular formula is C20H31N3O3. The lowest BCUT2D eigenvalue weighted by molar-refractivity contribution is -0.136. The zero-order valence-corrected chi connectivity index (χ0v) is 16.3. The molecule has 1 aliphatic rings. The van der Waals surface area contributed by atoms with Gasteiger partial charge in [0.25, 0.3) is 5.91 Å². The molecule has 0 unspecified atom stereocenters. The summed E-state index contributed by atoms with van der Waals surface area (Å²) in [6, 6.07) is 10.0. The van der Waals surface area contributed by atoms with Crippen molar-refractivity contribution in [1.82, 2.24) is 15.3 Å². The summed E-state index contributed by atoms with van der Waals surface area (Å²) in [5.41, 5.74) is 3.13. The molecule has 2 amide bonds. The lowest BCUT2D eigenvalue weighted by Crippen LogP contribution is -2.49. The van der Waals surface area contributed by atoms with E-state index in [0.29, 0.717) is 6.54 Å². The van der Waals surface area contributed by atoms with Gasteiger partial charge in [0.05, 0.1) is 0 Å². The first-order valence-electron chi connectivity index (χ1n) is 9.28. The highest BCUT2D eigenvalue weighted by Crippen LogP contribution is 2.18. The van der Waals surface area contributed by atoms with Crippen molar-refractivity contribution in [3.05, 3.63) is 35.9 Å². The molecule has 0 bridgehead atoms. The van der Waals surface area contributed by atoms with E-state index >= 15 is 0 Å². The highest BCUT2D eigenvalue weighted by atomic mass is 16.7. The zero-order valence-electron chi connectivity index (χ0n) is 16.3. The molecule has 6 heteroatoms. The fourth-order valence-corrected chi connectivity index (χ4v) is 3.09. The van der Waals surface area contributed by atoms with E-state index in [4.69, 9.17) is 4.84 Å². The molecule has 1 fully saturated rings. The third-order valence-corrected chi connectivity index (χ3v) is 4.83. The van der Waals surface area contributed by atoms with E-state index in [2.05, 4.69) is 10.4 Å². The Morgan fingerprint density at radius 1 is 1.19 bits per heavy atom. The molecule has 0 radical (unpaired) electrons. The molecule has 1 heterocycles. The quantitative estimate of drug-likeness (QED) is 0.838. The van der Waals surface area contributed by atoms with Gasteiger partial charge in [-0.05, 0) is 65.7 Å². The van der Waals surface area contributed by atoms with Gasteiger partial charge in [0, 0.05) is 18.0 Å². The summed E-state index contributed by atoms with van der Waals surface area (Å²) in [6.45, 7) is 8.17. The van der Waals surface area contributed by atoms with E-state index in [0.717, 1.165) is 37.9 Å². The van der Waals surface area contributed by atoms with Crippen LogP contribution in [0.4, 0.5) is 4.79 Å². The van der Waals surface area contributed by atoms with Gasteiger partial charge in [0.2, 0.25) is 0 Å². The number of nitrogens with zero attached hydrogens (tertiary/aromatic N) is 2. The second kappa shape index (κ2) is 9.03. The molecule has 1 aromatic carbocycles. The molecule has 0 aromatic heterocycles. The zero-order chi connectivity index (χ0) is 19.2. The van der Waals surface area contributed by atoms with Gasteiger partial charge in [-0.2, -0.15) is 5.48 Å². The number of amides is 2. The summed E-state index contributed by atoms with van der Waals surface area (Å²) in [6.07, 6.45) is 1.79. The van der Waals surface area contributed by atoms with Crippen molar-refractivity contribution in [2.75, 3.05) is 26.7 Å². The molecule has 0 spiro atoms. The van der Waals surface area contributed by atoms with Crippen LogP contribution in [0.15, 0.2) is 30.3 Å². The number of hydroxylamine groups is 1. The van der Waals surface area contributed by atoms with E-state index in [-0.39, 0.29) is 11.8 Å². The van der Waals surface area contributed by atoms with E-state index in [1.807, 2.05) is 58.2 Å². The molecule has 1 saturated heterocycles. The molecule has 1 aliphatic heterocycles. The van der Waals surface area contributed by atoms with Crippen LogP contribution in [0, 0.1) is 5.92 Å². The predicted molar refractivity (Wildman–Crippen MR) is 101 cm³/mol. The Balaban J connectivity index is 1.87. The predicted octanol–water partition coefficient (Wildman–Crippen LogP) is 2.84. The van der Waals surface area contributed by atoms with E-state index in [1.165, 1.54) is 0 Å². The van der Waals surface area contributed by atoms with Crippen LogP contribution >= 0.6 is 0 Å². The number of rotatable bonds is 4. The molecule has 2 rings (SSSR count). The Kier molecular flexibility index (Phi) is 7.03. The van der Waals surface area contributed by atoms with Crippen LogP contribution in [0.2, 0.25) is 0 Å². The minimum atomic E-state index is -0.519. The Hall–Kier alpha value is -2.08. The number of benzene rings is 1. The first-order chi connectivity index (χ1) is 12.3. The van der Waals surface area contributed by atoms with Crippen LogP contribution in [-0.2, 0) is 16.1 Å². The van der Waals surface area contributed by atoms with E-state index in [9.17, 15) is 9.59 Å². The second-order valence-electron chi connectivity index (χ2n) is 7.97. The minimum absolute atomic E-state index is 0.0913. The Morgan fingerprint density at radius 3 is 2.38 bits per heavy atom. The van der Waals surface area contributed by atoms with Gasteiger partial charge >= 0.3 is 6.09 Å². The lowest BCUT2D eigenvalue weighted by Gasteiger charge is -2.34.